The second-order valence-electron chi connectivity index (χ2n) is 8.29. The maximum absolute atomic E-state index is 12.9. The minimum Gasteiger partial charge on any atom is -0.394 e. The van der Waals surface area contributed by atoms with Gasteiger partial charge in [0, 0.05) is 28.2 Å². The Morgan fingerprint density at radius 3 is 3.03 bits per heavy atom. The van der Waals surface area contributed by atoms with Gasteiger partial charge in [-0.25, -0.2) is 4.98 Å². The Hall–Kier alpha value is -3.29. The van der Waals surface area contributed by atoms with Crippen LogP contribution in [-0.4, -0.2) is 66.0 Å². The van der Waals surface area contributed by atoms with Gasteiger partial charge < -0.3 is 20.6 Å². The predicted octanol–water partition coefficient (Wildman–Crippen LogP) is 3.27. The Bertz CT molecular complexity index is 1400. The van der Waals surface area contributed by atoms with Crippen LogP contribution in [0.4, 0.5) is 16.6 Å². The summed E-state index contributed by atoms with van der Waals surface area (Å²) in [5.41, 5.74) is 2.29. The van der Waals surface area contributed by atoms with Crippen molar-refractivity contribution in [2.45, 2.75) is 32.4 Å². The van der Waals surface area contributed by atoms with Crippen LogP contribution in [0.5, 0.6) is 0 Å². The summed E-state index contributed by atoms with van der Waals surface area (Å²) in [6, 6.07) is 3.60. The summed E-state index contributed by atoms with van der Waals surface area (Å²) >= 11 is 4.68. The van der Waals surface area contributed by atoms with E-state index in [9.17, 15) is 14.7 Å². The number of aryl methyl sites for hydroxylation is 1. The lowest BCUT2D eigenvalue weighted by molar-refractivity contribution is -0.133. The van der Waals surface area contributed by atoms with Gasteiger partial charge in [-0.3, -0.25) is 19.4 Å². The molecule has 2 amide bonds. The fourth-order valence-electron chi connectivity index (χ4n) is 4.14. The van der Waals surface area contributed by atoms with E-state index < -0.39 is 0 Å². The first-order chi connectivity index (χ1) is 16.9. The van der Waals surface area contributed by atoms with E-state index in [1.165, 1.54) is 17.5 Å². The van der Waals surface area contributed by atoms with Crippen LogP contribution in [0, 0.1) is 6.92 Å². The zero-order chi connectivity index (χ0) is 24.5. The third-order valence-electron chi connectivity index (χ3n) is 5.92. The number of aliphatic hydroxyl groups is 1. The van der Waals surface area contributed by atoms with E-state index in [1.54, 1.807) is 22.0 Å². The summed E-state index contributed by atoms with van der Waals surface area (Å²) < 4.78 is 2.33. The van der Waals surface area contributed by atoms with E-state index in [-0.39, 0.29) is 31.0 Å². The SMILES string of the molecule is Cc1cn(CC(=O)N2CCC[C@H]2CO)nc1Nc1ncc(C(=O)Nc2c(Br)ccc3[nH]ncc23)s1. The molecule has 5 rings (SSSR count). The van der Waals surface area contributed by atoms with Crippen LogP contribution in [0.1, 0.15) is 28.1 Å². The molecule has 4 N–H and O–H groups in total. The molecule has 4 heterocycles. The van der Waals surface area contributed by atoms with Crippen molar-refractivity contribution in [3.8, 4) is 0 Å². The molecule has 1 aliphatic heterocycles. The van der Waals surface area contributed by atoms with Gasteiger partial charge in [-0.15, -0.1) is 0 Å². The molecule has 182 valence electrons. The number of nitrogens with one attached hydrogen (secondary N) is 3. The molecule has 1 aliphatic rings. The minimum atomic E-state index is -0.290. The Labute approximate surface area is 212 Å². The van der Waals surface area contributed by atoms with Gasteiger partial charge in [-0.05, 0) is 47.8 Å². The monoisotopic (exact) mass is 558 g/mol. The first-order valence-electron chi connectivity index (χ1n) is 11.0. The van der Waals surface area contributed by atoms with Crippen molar-refractivity contribution in [2.24, 2.45) is 0 Å². The molecule has 13 heteroatoms. The average Bonchev–Trinajstić information content (AvgIpc) is 3.63. The number of carbonyl (C=O) groups is 2. The highest BCUT2D eigenvalue weighted by Gasteiger charge is 2.28. The topological polar surface area (TPSA) is 141 Å². The molecule has 1 aromatic carbocycles. The molecule has 3 aromatic heterocycles. The van der Waals surface area contributed by atoms with Crippen molar-refractivity contribution >= 4 is 66.6 Å². The van der Waals surface area contributed by atoms with Crippen molar-refractivity contribution in [3.05, 3.63) is 45.6 Å². The lowest BCUT2D eigenvalue weighted by atomic mass is 10.2. The highest BCUT2D eigenvalue weighted by atomic mass is 79.9. The first-order valence-corrected chi connectivity index (χ1v) is 12.6. The highest BCUT2D eigenvalue weighted by molar-refractivity contribution is 9.10. The van der Waals surface area contributed by atoms with Gasteiger partial charge in [-0.2, -0.15) is 10.2 Å². The number of hydrogen-bond acceptors (Lipinski definition) is 8. The second-order valence-corrected chi connectivity index (χ2v) is 10.2. The molecule has 1 atom stereocenters. The average molecular weight is 559 g/mol. The number of H-pyrrole nitrogens is 1. The third kappa shape index (κ3) is 4.79. The predicted molar refractivity (Wildman–Crippen MR) is 136 cm³/mol. The van der Waals surface area contributed by atoms with E-state index in [0.717, 1.165) is 33.8 Å². The molecular weight excluding hydrogens is 536 g/mol. The fourth-order valence-corrected chi connectivity index (χ4v) is 5.30. The van der Waals surface area contributed by atoms with E-state index in [0.29, 0.717) is 28.1 Å². The van der Waals surface area contributed by atoms with E-state index in [1.807, 2.05) is 19.1 Å². The molecule has 11 nitrogen and oxygen atoms in total. The maximum Gasteiger partial charge on any atom is 0.267 e. The van der Waals surface area contributed by atoms with Crippen molar-refractivity contribution in [2.75, 3.05) is 23.8 Å². The summed E-state index contributed by atoms with van der Waals surface area (Å²) in [6.07, 6.45) is 6.67. The molecule has 0 saturated carbocycles. The number of amides is 2. The lowest BCUT2D eigenvalue weighted by Gasteiger charge is -2.22. The Morgan fingerprint density at radius 1 is 1.34 bits per heavy atom. The standard InChI is InChI=1S/C22H23BrN8O3S/c1-12-9-30(10-18(33)31-6-2-3-13(31)11-32)29-20(12)27-22-24-8-17(35-22)21(34)26-19-14-7-25-28-16(14)5-4-15(19)23/h4-5,7-9,13,32H,2-3,6,10-11H2,1H3,(H,25,28)(H,26,34)(H,24,27,29)/t13-/m0/s1. The van der Waals surface area contributed by atoms with Crippen LogP contribution < -0.4 is 10.6 Å². The number of benzene rings is 1. The van der Waals surface area contributed by atoms with Crippen LogP contribution in [0.15, 0.2) is 35.2 Å². The van der Waals surface area contributed by atoms with Crippen molar-refractivity contribution < 1.29 is 14.7 Å². The van der Waals surface area contributed by atoms with Crippen LogP contribution in [0.2, 0.25) is 0 Å². The van der Waals surface area contributed by atoms with Crippen LogP contribution in [-0.2, 0) is 11.3 Å². The van der Waals surface area contributed by atoms with Gasteiger partial charge >= 0.3 is 0 Å². The number of nitrogens with zero attached hydrogens (tertiary/aromatic N) is 5. The maximum atomic E-state index is 12.9. The number of fused-ring (bicyclic) bond motifs is 1. The molecule has 1 saturated heterocycles. The summed E-state index contributed by atoms with van der Waals surface area (Å²) in [5.74, 6) is 0.203. The molecule has 1 fully saturated rings. The van der Waals surface area contributed by atoms with Gasteiger partial charge in [0.05, 0.1) is 36.2 Å². The molecule has 35 heavy (non-hydrogen) atoms. The Morgan fingerprint density at radius 2 is 2.20 bits per heavy atom. The van der Waals surface area contributed by atoms with Crippen molar-refractivity contribution in [1.82, 2.24) is 29.9 Å². The first kappa shape index (κ1) is 23.5. The third-order valence-corrected chi connectivity index (χ3v) is 7.49. The number of likely N-dealkylation sites (tertiary alicyclic amines) is 1. The smallest absolute Gasteiger partial charge is 0.267 e. The van der Waals surface area contributed by atoms with Crippen LogP contribution >= 0.6 is 27.3 Å². The molecule has 0 radical (unpaired) electrons. The number of aromatic nitrogens is 5. The Balaban J connectivity index is 1.25. The van der Waals surface area contributed by atoms with Crippen LogP contribution in [0.3, 0.4) is 0 Å². The zero-order valence-corrected chi connectivity index (χ0v) is 21.2. The number of aliphatic hydroxyl groups excluding tert-OH is 1. The van der Waals surface area contributed by atoms with E-state index >= 15 is 0 Å². The summed E-state index contributed by atoms with van der Waals surface area (Å²) in [7, 11) is 0. The van der Waals surface area contributed by atoms with Gasteiger partial charge in [0.25, 0.3) is 5.91 Å². The minimum absolute atomic E-state index is 0.0230. The number of rotatable bonds is 7. The van der Waals surface area contributed by atoms with Gasteiger partial charge in [0.2, 0.25) is 5.91 Å². The number of halogens is 1. The number of anilines is 3. The van der Waals surface area contributed by atoms with Crippen molar-refractivity contribution in [1.29, 1.82) is 0 Å². The Kier molecular flexibility index (Phi) is 6.54. The largest absolute Gasteiger partial charge is 0.394 e. The zero-order valence-electron chi connectivity index (χ0n) is 18.8. The molecule has 0 unspecified atom stereocenters. The van der Waals surface area contributed by atoms with E-state index in [2.05, 4.69) is 46.8 Å². The summed E-state index contributed by atoms with van der Waals surface area (Å²) in [4.78, 5) is 32.0. The van der Waals surface area contributed by atoms with Crippen LogP contribution in [0.25, 0.3) is 10.9 Å². The number of aromatic amines is 1. The molecule has 0 aliphatic carbocycles. The highest BCUT2D eigenvalue weighted by Crippen LogP contribution is 2.32. The quantitative estimate of drug-likeness (QED) is 0.272. The summed E-state index contributed by atoms with van der Waals surface area (Å²) in [5, 5.41) is 28.2. The molecular formula is C22H23BrN8O3S. The van der Waals surface area contributed by atoms with E-state index in [4.69, 9.17) is 0 Å². The van der Waals surface area contributed by atoms with Crippen molar-refractivity contribution in [3.63, 3.8) is 0 Å². The lowest BCUT2D eigenvalue weighted by Crippen LogP contribution is -2.39. The molecule has 0 bridgehead atoms. The fraction of sp³-hybridized carbons (Fsp3) is 0.318. The number of thiazole rings is 1. The van der Waals surface area contributed by atoms with Gasteiger partial charge in [-0.1, -0.05) is 11.3 Å². The molecule has 4 aromatic rings. The van der Waals surface area contributed by atoms with Gasteiger partial charge in [0.1, 0.15) is 11.4 Å². The number of carbonyl (C=O) groups excluding carboxylic acids is 2. The number of hydrogen-bond donors (Lipinski definition) is 4. The second kappa shape index (κ2) is 9.76. The van der Waals surface area contributed by atoms with Gasteiger partial charge in [0.15, 0.2) is 10.9 Å². The summed E-state index contributed by atoms with van der Waals surface area (Å²) in [6.45, 7) is 2.61. The molecule has 0 spiro atoms. The normalized spacial score (nSPS) is 15.6.